The normalized spacial score (nSPS) is 19.2. The molecule has 0 radical (unpaired) electrons. The summed E-state index contributed by atoms with van der Waals surface area (Å²) in [5.41, 5.74) is 2.80. The van der Waals surface area contributed by atoms with Crippen LogP contribution >= 0.6 is 11.8 Å². The highest BCUT2D eigenvalue weighted by molar-refractivity contribution is 7.99. The van der Waals surface area contributed by atoms with Gasteiger partial charge in [0.2, 0.25) is 0 Å². The summed E-state index contributed by atoms with van der Waals surface area (Å²) >= 11 is 1.76. The van der Waals surface area contributed by atoms with Gasteiger partial charge in [-0.1, -0.05) is 24.3 Å². The summed E-state index contributed by atoms with van der Waals surface area (Å²) < 4.78 is 13.4. The molecule has 1 aliphatic heterocycles. The van der Waals surface area contributed by atoms with Crippen LogP contribution in [0.5, 0.6) is 0 Å². The fraction of sp³-hybridized carbons (Fsp3) is 0.250. The van der Waals surface area contributed by atoms with Gasteiger partial charge < -0.3 is 5.11 Å². The first-order valence-corrected chi connectivity index (χ1v) is 7.31. The zero-order valence-corrected chi connectivity index (χ0v) is 11.5. The van der Waals surface area contributed by atoms with Crippen molar-refractivity contribution in [2.45, 2.75) is 23.8 Å². The van der Waals surface area contributed by atoms with Crippen LogP contribution in [0.1, 0.15) is 28.7 Å². The van der Waals surface area contributed by atoms with E-state index in [0.29, 0.717) is 5.56 Å². The second kappa shape index (κ2) is 4.99. The van der Waals surface area contributed by atoms with Gasteiger partial charge in [0.25, 0.3) is 0 Å². The highest BCUT2D eigenvalue weighted by atomic mass is 32.2. The minimum absolute atomic E-state index is 0.0432. The van der Waals surface area contributed by atoms with Crippen LogP contribution in [0, 0.1) is 12.7 Å². The van der Waals surface area contributed by atoms with Crippen molar-refractivity contribution < 1.29 is 9.50 Å². The van der Waals surface area contributed by atoms with E-state index in [1.54, 1.807) is 17.8 Å². The molecule has 3 rings (SSSR count). The molecule has 2 atom stereocenters. The van der Waals surface area contributed by atoms with E-state index in [4.69, 9.17) is 0 Å². The highest BCUT2D eigenvalue weighted by Crippen LogP contribution is 2.45. The van der Waals surface area contributed by atoms with E-state index in [2.05, 4.69) is 12.1 Å². The number of hydrogen-bond acceptors (Lipinski definition) is 2. The van der Waals surface area contributed by atoms with Crippen LogP contribution in [0.15, 0.2) is 47.4 Å². The summed E-state index contributed by atoms with van der Waals surface area (Å²) in [6.07, 6.45) is -0.646. The summed E-state index contributed by atoms with van der Waals surface area (Å²) in [6, 6.07) is 12.7. The predicted octanol–water partition coefficient (Wildman–Crippen LogP) is 4.06. The molecule has 19 heavy (non-hydrogen) atoms. The van der Waals surface area contributed by atoms with Gasteiger partial charge in [0.1, 0.15) is 5.82 Å². The maximum atomic E-state index is 13.4. The van der Waals surface area contributed by atoms with Crippen molar-refractivity contribution in [3.63, 3.8) is 0 Å². The number of hydrogen-bond donors (Lipinski definition) is 1. The number of thioether (sulfide) groups is 1. The van der Waals surface area contributed by atoms with Crippen LogP contribution < -0.4 is 0 Å². The van der Waals surface area contributed by atoms with Gasteiger partial charge in [0.05, 0.1) is 6.10 Å². The lowest BCUT2D eigenvalue weighted by Crippen LogP contribution is -2.12. The molecule has 2 aromatic rings. The summed E-state index contributed by atoms with van der Waals surface area (Å²) in [5.74, 6) is 0.594. The van der Waals surface area contributed by atoms with Gasteiger partial charge in [0.15, 0.2) is 0 Å². The second-order valence-corrected chi connectivity index (χ2v) is 5.96. The standard InChI is InChI=1S/C16H15FOS/c1-10-6-7-11(17)8-13(10)16(18)14-9-19-15-5-3-2-4-12(14)15/h2-8,14,16,18H,9H2,1H3. The third-order valence-electron chi connectivity index (χ3n) is 3.68. The fourth-order valence-corrected chi connectivity index (χ4v) is 3.88. The molecule has 0 bridgehead atoms. The molecule has 0 amide bonds. The Kier molecular flexibility index (Phi) is 3.33. The molecule has 0 aromatic heterocycles. The Morgan fingerprint density at radius 3 is 2.89 bits per heavy atom. The average Bonchev–Trinajstić information content (AvgIpc) is 2.84. The molecule has 0 saturated carbocycles. The van der Waals surface area contributed by atoms with Gasteiger partial charge in [-0.05, 0) is 41.8 Å². The van der Waals surface area contributed by atoms with Gasteiger partial charge in [0, 0.05) is 16.6 Å². The molecule has 1 nitrogen and oxygen atoms in total. The summed E-state index contributed by atoms with van der Waals surface area (Å²) in [6.45, 7) is 1.91. The summed E-state index contributed by atoms with van der Waals surface area (Å²) in [5, 5.41) is 10.6. The van der Waals surface area contributed by atoms with Crippen molar-refractivity contribution in [3.8, 4) is 0 Å². The van der Waals surface area contributed by atoms with Gasteiger partial charge >= 0.3 is 0 Å². The second-order valence-electron chi connectivity index (χ2n) is 4.90. The number of fused-ring (bicyclic) bond motifs is 1. The molecule has 2 aromatic carbocycles. The Bertz CT molecular complexity index is 611. The molecule has 3 heteroatoms. The van der Waals surface area contributed by atoms with E-state index >= 15 is 0 Å². The van der Waals surface area contributed by atoms with Crippen molar-refractivity contribution in [2.75, 3.05) is 5.75 Å². The first-order valence-electron chi connectivity index (χ1n) is 6.32. The third kappa shape index (κ3) is 2.28. The summed E-state index contributed by atoms with van der Waals surface area (Å²) in [7, 11) is 0. The number of aliphatic hydroxyl groups excluding tert-OH is 1. The van der Waals surface area contributed by atoms with Crippen molar-refractivity contribution in [2.24, 2.45) is 0 Å². The maximum Gasteiger partial charge on any atom is 0.123 e. The fourth-order valence-electron chi connectivity index (χ4n) is 2.60. The number of aliphatic hydroxyl groups is 1. The Hall–Kier alpha value is -1.32. The van der Waals surface area contributed by atoms with Crippen LogP contribution in [-0.2, 0) is 0 Å². The van der Waals surface area contributed by atoms with E-state index in [1.807, 2.05) is 19.1 Å². The number of rotatable bonds is 2. The summed E-state index contributed by atoms with van der Waals surface area (Å²) in [4.78, 5) is 1.22. The van der Waals surface area contributed by atoms with E-state index < -0.39 is 6.10 Å². The first kappa shape index (κ1) is 12.7. The largest absolute Gasteiger partial charge is 0.388 e. The van der Waals surface area contributed by atoms with Crippen LogP contribution in [0.25, 0.3) is 0 Å². The molecule has 2 unspecified atom stereocenters. The molecule has 0 spiro atoms. The quantitative estimate of drug-likeness (QED) is 0.891. The Morgan fingerprint density at radius 1 is 1.26 bits per heavy atom. The maximum absolute atomic E-state index is 13.4. The minimum Gasteiger partial charge on any atom is -0.388 e. The molecule has 98 valence electrons. The molecule has 0 saturated heterocycles. The van der Waals surface area contributed by atoms with Crippen LogP contribution in [-0.4, -0.2) is 10.9 Å². The average molecular weight is 274 g/mol. The molecule has 1 N–H and O–H groups in total. The lowest BCUT2D eigenvalue weighted by Gasteiger charge is -2.20. The van der Waals surface area contributed by atoms with E-state index in [9.17, 15) is 9.50 Å². The molecule has 1 heterocycles. The van der Waals surface area contributed by atoms with E-state index in [1.165, 1.54) is 22.6 Å². The zero-order valence-electron chi connectivity index (χ0n) is 10.6. The highest BCUT2D eigenvalue weighted by Gasteiger charge is 2.30. The van der Waals surface area contributed by atoms with Crippen molar-refractivity contribution in [3.05, 3.63) is 65.0 Å². The van der Waals surface area contributed by atoms with Gasteiger partial charge in [-0.25, -0.2) is 4.39 Å². The predicted molar refractivity (Wildman–Crippen MR) is 76.0 cm³/mol. The molecular formula is C16H15FOS. The molecular weight excluding hydrogens is 259 g/mol. The minimum atomic E-state index is -0.646. The van der Waals surface area contributed by atoms with Crippen molar-refractivity contribution in [1.82, 2.24) is 0 Å². The first-order chi connectivity index (χ1) is 9.16. The zero-order chi connectivity index (χ0) is 13.4. The Labute approximate surface area is 116 Å². The molecule has 0 fully saturated rings. The number of benzene rings is 2. The topological polar surface area (TPSA) is 20.2 Å². The Balaban J connectivity index is 1.97. The third-order valence-corrected chi connectivity index (χ3v) is 4.89. The van der Waals surface area contributed by atoms with E-state index in [-0.39, 0.29) is 11.7 Å². The SMILES string of the molecule is Cc1ccc(F)cc1C(O)C1CSc2ccccc21. The lowest BCUT2D eigenvalue weighted by atomic mass is 9.89. The van der Waals surface area contributed by atoms with Gasteiger partial charge in [-0.3, -0.25) is 0 Å². The Morgan fingerprint density at radius 2 is 2.05 bits per heavy atom. The van der Waals surface area contributed by atoms with Crippen LogP contribution in [0.4, 0.5) is 4.39 Å². The number of halogens is 1. The smallest absolute Gasteiger partial charge is 0.123 e. The van der Waals surface area contributed by atoms with Gasteiger partial charge in [-0.15, -0.1) is 11.8 Å². The molecule has 0 aliphatic carbocycles. The van der Waals surface area contributed by atoms with Gasteiger partial charge in [-0.2, -0.15) is 0 Å². The van der Waals surface area contributed by atoms with E-state index in [0.717, 1.165) is 11.3 Å². The monoisotopic (exact) mass is 274 g/mol. The van der Waals surface area contributed by atoms with Crippen LogP contribution in [0.2, 0.25) is 0 Å². The van der Waals surface area contributed by atoms with Crippen molar-refractivity contribution in [1.29, 1.82) is 0 Å². The lowest BCUT2D eigenvalue weighted by molar-refractivity contribution is 0.152. The van der Waals surface area contributed by atoms with Crippen LogP contribution in [0.3, 0.4) is 0 Å². The van der Waals surface area contributed by atoms with Crippen molar-refractivity contribution >= 4 is 11.8 Å². The molecule has 1 aliphatic rings. The number of aryl methyl sites for hydroxylation is 1.